The molecule has 3 nitrogen and oxygen atoms in total. The minimum absolute atomic E-state index is 0.421. The van der Waals surface area contributed by atoms with E-state index in [1.54, 1.807) is 0 Å². The molecule has 1 heterocycles. The van der Waals surface area contributed by atoms with Gasteiger partial charge in [0.25, 0.3) is 0 Å². The van der Waals surface area contributed by atoms with Crippen molar-refractivity contribution in [2.75, 3.05) is 24.5 Å². The van der Waals surface area contributed by atoms with Crippen LogP contribution in [0.1, 0.15) is 51.3 Å². The van der Waals surface area contributed by atoms with Gasteiger partial charge in [0, 0.05) is 18.8 Å². The van der Waals surface area contributed by atoms with Crippen LogP contribution < -0.4 is 10.2 Å². The number of pyridine rings is 1. The second kappa shape index (κ2) is 8.60. The second-order valence-electron chi connectivity index (χ2n) is 5.31. The lowest BCUT2D eigenvalue weighted by molar-refractivity contribution is 0.672. The SMILES string of the molecule is C#CCN(CC)c1cc(CNCCC)cc(C(C)C)n1. The lowest BCUT2D eigenvalue weighted by atomic mass is 10.1. The van der Waals surface area contributed by atoms with Crippen LogP contribution in [-0.4, -0.2) is 24.6 Å². The molecule has 0 atom stereocenters. The highest BCUT2D eigenvalue weighted by molar-refractivity contribution is 5.44. The Morgan fingerprint density at radius 2 is 2.10 bits per heavy atom. The van der Waals surface area contributed by atoms with Crippen LogP contribution in [-0.2, 0) is 6.54 Å². The Morgan fingerprint density at radius 3 is 2.65 bits per heavy atom. The molecule has 0 saturated heterocycles. The van der Waals surface area contributed by atoms with E-state index in [0.717, 1.165) is 37.6 Å². The minimum Gasteiger partial charge on any atom is -0.346 e. The zero-order valence-electron chi connectivity index (χ0n) is 13.2. The average molecular weight is 273 g/mol. The highest BCUT2D eigenvalue weighted by atomic mass is 15.2. The molecule has 3 heteroatoms. The van der Waals surface area contributed by atoms with E-state index in [9.17, 15) is 0 Å². The molecule has 0 bridgehead atoms. The van der Waals surface area contributed by atoms with Gasteiger partial charge in [0.1, 0.15) is 5.82 Å². The zero-order valence-corrected chi connectivity index (χ0v) is 13.2. The summed E-state index contributed by atoms with van der Waals surface area (Å²) in [5.74, 6) is 4.12. The van der Waals surface area contributed by atoms with Gasteiger partial charge in [-0.2, -0.15) is 0 Å². The van der Waals surface area contributed by atoms with E-state index in [-0.39, 0.29) is 0 Å². The summed E-state index contributed by atoms with van der Waals surface area (Å²) in [6, 6.07) is 4.34. The van der Waals surface area contributed by atoms with Gasteiger partial charge in [-0.05, 0) is 43.5 Å². The van der Waals surface area contributed by atoms with Crippen molar-refractivity contribution in [3.05, 3.63) is 23.4 Å². The molecule has 1 aromatic rings. The van der Waals surface area contributed by atoms with Crippen molar-refractivity contribution in [3.8, 4) is 12.3 Å². The van der Waals surface area contributed by atoms with Gasteiger partial charge in [-0.15, -0.1) is 6.42 Å². The Kier molecular flexibility index (Phi) is 7.11. The highest BCUT2D eigenvalue weighted by Crippen LogP contribution is 2.20. The molecule has 0 saturated carbocycles. The molecule has 0 aliphatic rings. The van der Waals surface area contributed by atoms with Crippen molar-refractivity contribution in [2.45, 2.75) is 46.6 Å². The fourth-order valence-corrected chi connectivity index (χ4v) is 2.03. The fraction of sp³-hybridized carbons (Fsp3) is 0.588. The maximum absolute atomic E-state index is 5.44. The molecule has 0 aromatic carbocycles. The summed E-state index contributed by atoms with van der Waals surface area (Å²) in [5.41, 5.74) is 2.41. The Bertz CT molecular complexity index is 446. The zero-order chi connectivity index (χ0) is 15.0. The summed E-state index contributed by atoms with van der Waals surface area (Å²) in [4.78, 5) is 6.89. The molecule has 1 rings (SSSR count). The first-order valence-electron chi connectivity index (χ1n) is 7.52. The monoisotopic (exact) mass is 273 g/mol. The molecule has 1 aromatic heterocycles. The quantitative estimate of drug-likeness (QED) is 0.582. The van der Waals surface area contributed by atoms with E-state index in [0.29, 0.717) is 12.5 Å². The van der Waals surface area contributed by atoms with Gasteiger partial charge in [0.15, 0.2) is 0 Å². The van der Waals surface area contributed by atoms with Crippen LogP contribution in [0.25, 0.3) is 0 Å². The van der Waals surface area contributed by atoms with Crippen molar-refractivity contribution in [1.82, 2.24) is 10.3 Å². The molecule has 0 fully saturated rings. The van der Waals surface area contributed by atoms with Gasteiger partial charge in [0.2, 0.25) is 0 Å². The van der Waals surface area contributed by atoms with Crippen LogP contribution in [0.15, 0.2) is 12.1 Å². The van der Waals surface area contributed by atoms with Crippen LogP contribution in [0.5, 0.6) is 0 Å². The number of aromatic nitrogens is 1. The summed E-state index contributed by atoms with van der Waals surface area (Å²) >= 11 is 0. The topological polar surface area (TPSA) is 28.2 Å². The van der Waals surface area contributed by atoms with Crippen molar-refractivity contribution < 1.29 is 0 Å². The summed E-state index contributed by atoms with van der Waals surface area (Å²) < 4.78 is 0. The van der Waals surface area contributed by atoms with Gasteiger partial charge in [-0.3, -0.25) is 0 Å². The van der Waals surface area contributed by atoms with Crippen molar-refractivity contribution in [2.24, 2.45) is 0 Å². The summed E-state index contributed by atoms with van der Waals surface area (Å²) in [7, 11) is 0. The highest BCUT2D eigenvalue weighted by Gasteiger charge is 2.10. The number of anilines is 1. The second-order valence-corrected chi connectivity index (χ2v) is 5.31. The first-order chi connectivity index (χ1) is 9.62. The van der Waals surface area contributed by atoms with E-state index < -0.39 is 0 Å². The number of hydrogen-bond donors (Lipinski definition) is 1. The van der Waals surface area contributed by atoms with Gasteiger partial charge in [-0.1, -0.05) is 26.7 Å². The standard InChI is InChI=1S/C17H27N3/c1-6-9-18-13-15-11-16(14(4)5)19-17(12-15)20(8-3)10-7-2/h2,11-12,14,18H,6,8-10,13H2,1,3-5H3. The number of nitrogens with zero attached hydrogens (tertiary/aromatic N) is 2. The van der Waals surface area contributed by atoms with E-state index in [1.807, 2.05) is 0 Å². The summed E-state index contributed by atoms with van der Waals surface area (Å²) in [6.45, 7) is 12.0. The lowest BCUT2D eigenvalue weighted by Gasteiger charge is -2.21. The maximum atomic E-state index is 5.44. The van der Waals surface area contributed by atoms with E-state index >= 15 is 0 Å². The third-order valence-electron chi connectivity index (χ3n) is 3.23. The maximum Gasteiger partial charge on any atom is 0.129 e. The van der Waals surface area contributed by atoms with E-state index in [1.165, 1.54) is 5.56 Å². The average Bonchev–Trinajstić information content (AvgIpc) is 2.44. The Morgan fingerprint density at radius 1 is 1.35 bits per heavy atom. The molecule has 110 valence electrons. The third kappa shape index (κ3) is 4.86. The molecule has 20 heavy (non-hydrogen) atoms. The number of terminal acetylenes is 1. The van der Waals surface area contributed by atoms with Crippen LogP contribution in [0.3, 0.4) is 0 Å². The molecule has 0 radical (unpaired) electrons. The molecular weight excluding hydrogens is 246 g/mol. The Labute approximate surface area is 123 Å². The van der Waals surface area contributed by atoms with Gasteiger partial charge < -0.3 is 10.2 Å². The fourth-order valence-electron chi connectivity index (χ4n) is 2.03. The lowest BCUT2D eigenvalue weighted by Crippen LogP contribution is -2.25. The summed E-state index contributed by atoms with van der Waals surface area (Å²) in [5, 5.41) is 3.45. The summed E-state index contributed by atoms with van der Waals surface area (Å²) in [6.07, 6.45) is 6.59. The van der Waals surface area contributed by atoms with Crippen LogP contribution in [0.2, 0.25) is 0 Å². The number of hydrogen-bond acceptors (Lipinski definition) is 3. The smallest absolute Gasteiger partial charge is 0.129 e. The largest absolute Gasteiger partial charge is 0.346 e. The van der Waals surface area contributed by atoms with Gasteiger partial charge >= 0.3 is 0 Å². The first kappa shape index (κ1) is 16.5. The Balaban J connectivity index is 3.00. The molecule has 0 aliphatic heterocycles. The van der Waals surface area contributed by atoms with Crippen molar-refractivity contribution in [1.29, 1.82) is 0 Å². The molecule has 0 amide bonds. The molecule has 0 spiro atoms. The van der Waals surface area contributed by atoms with E-state index in [4.69, 9.17) is 11.4 Å². The van der Waals surface area contributed by atoms with Crippen LogP contribution in [0, 0.1) is 12.3 Å². The van der Waals surface area contributed by atoms with Gasteiger partial charge in [-0.25, -0.2) is 4.98 Å². The van der Waals surface area contributed by atoms with Gasteiger partial charge in [0.05, 0.1) is 6.54 Å². The molecule has 1 N–H and O–H groups in total. The number of rotatable bonds is 8. The minimum atomic E-state index is 0.421. The Hall–Kier alpha value is -1.53. The molecule has 0 unspecified atom stereocenters. The predicted octanol–water partition coefficient (Wildman–Crippen LogP) is 3.16. The van der Waals surface area contributed by atoms with Crippen LogP contribution >= 0.6 is 0 Å². The van der Waals surface area contributed by atoms with Crippen molar-refractivity contribution >= 4 is 5.82 Å². The van der Waals surface area contributed by atoms with E-state index in [2.05, 4.69) is 56.0 Å². The normalized spacial score (nSPS) is 10.6. The third-order valence-corrected chi connectivity index (χ3v) is 3.23. The molecular formula is C17H27N3. The predicted molar refractivity (Wildman–Crippen MR) is 87.0 cm³/mol. The van der Waals surface area contributed by atoms with Crippen LogP contribution in [0.4, 0.5) is 5.82 Å². The first-order valence-corrected chi connectivity index (χ1v) is 7.52. The number of nitrogens with one attached hydrogen (secondary N) is 1. The molecule has 0 aliphatic carbocycles. The van der Waals surface area contributed by atoms with Crippen molar-refractivity contribution in [3.63, 3.8) is 0 Å².